The number of nitrogens with one attached hydrogen (secondary N) is 2. The molecule has 0 bridgehead atoms. The topological polar surface area (TPSA) is 110 Å². The fourth-order valence-corrected chi connectivity index (χ4v) is 3.01. The highest BCUT2D eigenvalue weighted by molar-refractivity contribution is 7.92. The zero-order chi connectivity index (χ0) is 15.6. The van der Waals surface area contributed by atoms with Crippen molar-refractivity contribution >= 4 is 21.5 Å². The van der Waals surface area contributed by atoms with Gasteiger partial charge in [-0.1, -0.05) is 6.92 Å². The Labute approximate surface area is 123 Å². The van der Waals surface area contributed by atoms with Crippen LogP contribution in [-0.4, -0.2) is 25.7 Å². The number of benzene rings is 1. The molecule has 0 unspecified atom stereocenters. The molecule has 0 saturated carbocycles. The van der Waals surface area contributed by atoms with Crippen LogP contribution in [0.1, 0.15) is 18.2 Å². The van der Waals surface area contributed by atoms with Gasteiger partial charge < -0.3 is 10.5 Å². The van der Waals surface area contributed by atoms with Crippen LogP contribution in [0.2, 0.25) is 0 Å². The van der Waals surface area contributed by atoms with Gasteiger partial charge in [-0.15, -0.1) is 0 Å². The Kier molecular flexibility index (Phi) is 4.08. The number of aromatic amines is 1. The number of H-pyrrole nitrogens is 1. The smallest absolute Gasteiger partial charge is 0.266 e. The predicted octanol–water partition coefficient (Wildman–Crippen LogP) is 1.67. The van der Waals surface area contributed by atoms with E-state index >= 15 is 0 Å². The van der Waals surface area contributed by atoms with Gasteiger partial charge in [0.1, 0.15) is 10.6 Å². The largest absolute Gasteiger partial charge is 0.495 e. The molecular formula is C13H18N4O3S. The maximum atomic E-state index is 12.4. The number of hydrogen-bond donors (Lipinski definition) is 3. The fourth-order valence-electron chi connectivity index (χ4n) is 1.83. The van der Waals surface area contributed by atoms with E-state index in [1.165, 1.54) is 13.2 Å². The molecule has 21 heavy (non-hydrogen) atoms. The second-order valence-electron chi connectivity index (χ2n) is 4.60. The monoisotopic (exact) mass is 310 g/mol. The summed E-state index contributed by atoms with van der Waals surface area (Å²) in [4.78, 5) is -0.0193. The summed E-state index contributed by atoms with van der Waals surface area (Å²) in [6.45, 7) is 3.72. The van der Waals surface area contributed by atoms with Crippen molar-refractivity contribution in [3.05, 3.63) is 29.5 Å². The van der Waals surface area contributed by atoms with Crippen LogP contribution in [0.25, 0.3) is 0 Å². The summed E-state index contributed by atoms with van der Waals surface area (Å²) in [7, 11) is -2.42. The summed E-state index contributed by atoms with van der Waals surface area (Å²) in [6.07, 6.45) is 0.732. The van der Waals surface area contributed by atoms with E-state index in [9.17, 15) is 8.42 Å². The van der Waals surface area contributed by atoms with Crippen molar-refractivity contribution in [2.45, 2.75) is 25.2 Å². The Hall–Kier alpha value is -2.22. The second-order valence-corrected chi connectivity index (χ2v) is 6.25. The maximum Gasteiger partial charge on any atom is 0.266 e. The number of nitrogens with zero attached hydrogens (tertiary/aromatic N) is 1. The van der Waals surface area contributed by atoms with E-state index in [2.05, 4.69) is 14.9 Å². The molecule has 0 saturated heterocycles. The molecule has 0 spiro atoms. The minimum atomic E-state index is -3.83. The first-order chi connectivity index (χ1) is 9.87. The average molecular weight is 310 g/mol. The van der Waals surface area contributed by atoms with E-state index < -0.39 is 10.0 Å². The number of nitrogen functional groups attached to an aromatic ring is 1. The Bertz CT molecular complexity index is 753. The van der Waals surface area contributed by atoms with Crippen LogP contribution in [0.3, 0.4) is 0 Å². The van der Waals surface area contributed by atoms with Crippen molar-refractivity contribution in [1.29, 1.82) is 0 Å². The van der Waals surface area contributed by atoms with Crippen LogP contribution in [0.15, 0.2) is 23.1 Å². The van der Waals surface area contributed by atoms with Crippen LogP contribution < -0.4 is 15.2 Å². The number of sulfonamides is 1. The normalized spacial score (nSPS) is 11.4. The van der Waals surface area contributed by atoms with Gasteiger partial charge in [0.15, 0.2) is 5.82 Å². The third kappa shape index (κ3) is 3.10. The van der Waals surface area contributed by atoms with Crippen molar-refractivity contribution < 1.29 is 13.2 Å². The number of aryl methyl sites for hydroxylation is 2. The van der Waals surface area contributed by atoms with Crippen molar-refractivity contribution in [2.75, 3.05) is 17.6 Å². The quantitative estimate of drug-likeness (QED) is 0.728. The van der Waals surface area contributed by atoms with Gasteiger partial charge in [0, 0.05) is 17.4 Å². The molecule has 0 atom stereocenters. The number of anilines is 2. The molecule has 1 aromatic heterocycles. The molecule has 0 aliphatic heterocycles. The molecule has 1 heterocycles. The fraction of sp³-hybridized carbons (Fsp3) is 0.308. The molecule has 114 valence electrons. The summed E-state index contributed by atoms with van der Waals surface area (Å²) >= 11 is 0. The van der Waals surface area contributed by atoms with E-state index in [1.54, 1.807) is 19.1 Å². The molecule has 1 aromatic carbocycles. The number of hydrogen-bond acceptors (Lipinski definition) is 5. The highest BCUT2D eigenvalue weighted by atomic mass is 32.2. The molecule has 0 aliphatic rings. The lowest BCUT2D eigenvalue weighted by Crippen LogP contribution is -2.15. The summed E-state index contributed by atoms with van der Waals surface area (Å²) in [5.41, 5.74) is 7.76. The lowest BCUT2D eigenvalue weighted by atomic mass is 10.2. The summed E-state index contributed by atoms with van der Waals surface area (Å²) in [6, 6.07) is 4.61. The molecule has 0 amide bonds. The zero-order valence-corrected chi connectivity index (χ0v) is 12.9. The third-order valence-corrected chi connectivity index (χ3v) is 4.47. The lowest BCUT2D eigenvalue weighted by Gasteiger charge is -2.12. The zero-order valence-electron chi connectivity index (χ0n) is 12.1. The van der Waals surface area contributed by atoms with E-state index in [0.29, 0.717) is 5.69 Å². The summed E-state index contributed by atoms with van der Waals surface area (Å²) in [5.74, 6) is 0.466. The van der Waals surface area contributed by atoms with Crippen molar-refractivity contribution in [1.82, 2.24) is 10.2 Å². The van der Waals surface area contributed by atoms with Gasteiger partial charge in [-0.25, -0.2) is 8.42 Å². The first kappa shape index (κ1) is 15.2. The molecule has 2 aromatic rings. The van der Waals surface area contributed by atoms with Gasteiger partial charge in [0.2, 0.25) is 0 Å². The minimum Gasteiger partial charge on any atom is -0.495 e. The molecule has 7 nitrogen and oxygen atoms in total. The Balaban J connectivity index is 2.41. The Morgan fingerprint density at radius 2 is 2.10 bits per heavy atom. The summed E-state index contributed by atoms with van der Waals surface area (Å²) < 4.78 is 32.4. The highest BCUT2D eigenvalue weighted by Crippen LogP contribution is 2.30. The van der Waals surface area contributed by atoms with Gasteiger partial charge in [-0.3, -0.25) is 9.82 Å². The van der Waals surface area contributed by atoms with Crippen LogP contribution >= 0.6 is 0 Å². The molecule has 0 radical (unpaired) electrons. The number of ether oxygens (including phenoxy) is 1. The van der Waals surface area contributed by atoms with Gasteiger partial charge in [0.05, 0.1) is 7.11 Å². The maximum absolute atomic E-state index is 12.4. The predicted molar refractivity (Wildman–Crippen MR) is 80.9 cm³/mol. The van der Waals surface area contributed by atoms with E-state index in [-0.39, 0.29) is 16.5 Å². The number of rotatable bonds is 5. The minimum absolute atomic E-state index is 0.0193. The van der Waals surface area contributed by atoms with E-state index in [1.807, 2.05) is 6.92 Å². The molecule has 0 aliphatic carbocycles. The molecule has 8 heteroatoms. The summed E-state index contributed by atoms with van der Waals surface area (Å²) in [5, 5.41) is 6.65. The third-order valence-electron chi connectivity index (χ3n) is 3.09. The van der Waals surface area contributed by atoms with E-state index in [0.717, 1.165) is 17.7 Å². The number of aromatic nitrogens is 2. The van der Waals surface area contributed by atoms with Gasteiger partial charge in [0.25, 0.3) is 10.0 Å². The van der Waals surface area contributed by atoms with E-state index in [4.69, 9.17) is 10.5 Å². The Morgan fingerprint density at radius 1 is 1.38 bits per heavy atom. The molecule has 2 rings (SSSR count). The molecular weight excluding hydrogens is 292 g/mol. The average Bonchev–Trinajstić information content (AvgIpc) is 2.88. The Morgan fingerprint density at radius 3 is 2.67 bits per heavy atom. The molecule has 0 fully saturated rings. The van der Waals surface area contributed by atoms with Crippen molar-refractivity contribution in [3.63, 3.8) is 0 Å². The van der Waals surface area contributed by atoms with Crippen molar-refractivity contribution in [2.24, 2.45) is 0 Å². The van der Waals surface area contributed by atoms with Gasteiger partial charge in [-0.05, 0) is 31.0 Å². The van der Waals surface area contributed by atoms with Crippen molar-refractivity contribution in [3.8, 4) is 5.75 Å². The number of nitrogens with two attached hydrogens (primary N) is 1. The van der Waals surface area contributed by atoms with Gasteiger partial charge >= 0.3 is 0 Å². The first-order valence-electron chi connectivity index (χ1n) is 6.38. The van der Waals surface area contributed by atoms with Crippen LogP contribution in [0.4, 0.5) is 11.5 Å². The SMILES string of the molecule is CCc1cc(NS(=O)(=O)c2cc(N)c(C)cc2OC)n[nH]1. The van der Waals surface area contributed by atoms with Crippen LogP contribution in [0.5, 0.6) is 5.75 Å². The van der Waals surface area contributed by atoms with Crippen LogP contribution in [-0.2, 0) is 16.4 Å². The standard InChI is InChI=1S/C13H18N4O3S/c1-4-9-6-13(16-15-9)17-21(18,19)12-7-10(14)8(2)5-11(12)20-3/h5-7H,4,14H2,1-3H3,(H2,15,16,17). The number of methoxy groups -OCH3 is 1. The molecule has 4 N–H and O–H groups in total. The second kappa shape index (κ2) is 5.65. The van der Waals surface area contributed by atoms with Crippen LogP contribution in [0, 0.1) is 6.92 Å². The van der Waals surface area contributed by atoms with Gasteiger partial charge in [-0.2, -0.15) is 5.10 Å². The highest BCUT2D eigenvalue weighted by Gasteiger charge is 2.22. The lowest BCUT2D eigenvalue weighted by molar-refractivity contribution is 0.402. The first-order valence-corrected chi connectivity index (χ1v) is 7.87.